The van der Waals surface area contributed by atoms with E-state index >= 15 is 0 Å². The average molecular weight is 817 g/mol. The topological polar surface area (TPSA) is 185 Å². The van der Waals surface area contributed by atoms with Gasteiger partial charge in [-0.05, 0) is 80.4 Å². The van der Waals surface area contributed by atoms with Gasteiger partial charge < -0.3 is 24.8 Å². The Hall–Kier alpha value is -6.22. The molecule has 59 heavy (non-hydrogen) atoms. The Balaban J connectivity index is 0.814. The monoisotopic (exact) mass is 816 g/mol. The molecule has 0 spiro atoms. The van der Waals surface area contributed by atoms with Crippen LogP contribution in [0.3, 0.4) is 0 Å². The average Bonchev–Trinajstić information content (AvgIpc) is 3.47. The van der Waals surface area contributed by atoms with Gasteiger partial charge in [0.05, 0.1) is 33.9 Å². The number of hydrogen-bond donors (Lipinski definition) is 2. The maximum atomic E-state index is 13.4. The van der Waals surface area contributed by atoms with Crippen molar-refractivity contribution in [2.24, 2.45) is 10.8 Å². The number of nitrogens with zero attached hydrogens (tertiary/aromatic N) is 7. The highest BCUT2D eigenvalue weighted by Gasteiger charge is 2.64. The van der Waals surface area contributed by atoms with E-state index < -0.39 is 17.7 Å². The van der Waals surface area contributed by atoms with Gasteiger partial charge >= 0.3 is 0 Å². The van der Waals surface area contributed by atoms with Crippen molar-refractivity contribution in [3.8, 4) is 29.5 Å². The molecule has 1 saturated carbocycles. The number of piperazine rings is 1. The van der Waals surface area contributed by atoms with Crippen molar-refractivity contribution < 1.29 is 29.0 Å². The highest BCUT2D eigenvalue weighted by atomic mass is 35.5. The Kier molecular flexibility index (Phi) is 11.5. The summed E-state index contributed by atoms with van der Waals surface area (Å²) in [6.45, 7) is 13.2. The summed E-state index contributed by atoms with van der Waals surface area (Å²) in [5.74, 6) is -0.0328. The van der Waals surface area contributed by atoms with Crippen LogP contribution in [0.15, 0.2) is 66.9 Å². The molecule has 15 heteroatoms. The number of nitriles is 2. The molecule has 2 aromatic carbocycles. The first-order valence-electron chi connectivity index (χ1n) is 19.6. The first-order valence-corrected chi connectivity index (χ1v) is 20.0. The molecule has 2 N–H and O–H groups in total. The number of nitrogens with one attached hydrogen (secondary N) is 1. The van der Waals surface area contributed by atoms with Gasteiger partial charge in [-0.15, -0.1) is 0 Å². The van der Waals surface area contributed by atoms with Crippen molar-refractivity contribution in [2.45, 2.75) is 59.1 Å². The van der Waals surface area contributed by atoms with Crippen LogP contribution in [0.2, 0.25) is 5.02 Å². The molecule has 0 bridgehead atoms. The van der Waals surface area contributed by atoms with Crippen molar-refractivity contribution in [1.29, 1.82) is 10.5 Å². The van der Waals surface area contributed by atoms with E-state index in [2.05, 4.69) is 58.8 Å². The lowest BCUT2D eigenvalue weighted by molar-refractivity contribution is -0.164. The van der Waals surface area contributed by atoms with Crippen LogP contribution in [0.4, 0.5) is 11.5 Å². The summed E-state index contributed by atoms with van der Waals surface area (Å²) in [5, 5.41) is 32.0. The van der Waals surface area contributed by atoms with Gasteiger partial charge in [0.1, 0.15) is 46.9 Å². The fourth-order valence-corrected chi connectivity index (χ4v) is 8.94. The largest absolute Gasteiger partial charge is 0.494 e. The van der Waals surface area contributed by atoms with Crippen LogP contribution in [0.25, 0.3) is 0 Å². The SMILES string of the molecule is CC1(C)[C@H](NC(=O)c2ccc(N3CCN(CCCCCOc4ccc5c(c4)C(=O)N(c4ccc(C#N)nc4O)C5=O)CC3)nc2)C(C)(C)[C@H]1Oc1ccc(C#N)c(Cl)c1. The number of rotatable bonds is 13. The zero-order valence-electron chi connectivity index (χ0n) is 33.4. The minimum Gasteiger partial charge on any atom is -0.494 e. The molecule has 1 aliphatic carbocycles. The molecule has 2 aromatic heterocycles. The van der Waals surface area contributed by atoms with Crippen LogP contribution in [0.1, 0.15) is 89.3 Å². The van der Waals surface area contributed by atoms with Crippen molar-refractivity contribution in [1.82, 2.24) is 20.2 Å². The van der Waals surface area contributed by atoms with E-state index in [-0.39, 0.29) is 51.4 Å². The van der Waals surface area contributed by atoms with Crippen LogP contribution in [-0.2, 0) is 0 Å². The summed E-state index contributed by atoms with van der Waals surface area (Å²) in [4.78, 5) is 53.4. The van der Waals surface area contributed by atoms with E-state index in [1.54, 1.807) is 42.6 Å². The third-order valence-corrected chi connectivity index (χ3v) is 11.9. The molecule has 0 unspecified atom stereocenters. The highest BCUT2D eigenvalue weighted by molar-refractivity contribution is 6.35. The Morgan fingerprint density at radius 1 is 0.898 bits per heavy atom. The Morgan fingerprint density at radius 2 is 1.63 bits per heavy atom. The number of anilines is 2. The fourth-order valence-electron chi connectivity index (χ4n) is 8.73. The molecule has 0 radical (unpaired) electrons. The summed E-state index contributed by atoms with van der Waals surface area (Å²) < 4.78 is 12.3. The lowest BCUT2D eigenvalue weighted by atomic mass is 9.49. The van der Waals surface area contributed by atoms with Crippen molar-refractivity contribution in [3.63, 3.8) is 0 Å². The zero-order chi connectivity index (χ0) is 42.1. The summed E-state index contributed by atoms with van der Waals surface area (Å²) in [5.41, 5.74) is 0.407. The van der Waals surface area contributed by atoms with Crippen molar-refractivity contribution in [2.75, 3.05) is 49.1 Å². The summed E-state index contributed by atoms with van der Waals surface area (Å²) in [6.07, 6.45) is 4.23. The van der Waals surface area contributed by atoms with E-state index in [9.17, 15) is 24.8 Å². The van der Waals surface area contributed by atoms with Crippen LogP contribution >= 0.6 is 11.6 Å². The quantitative estimate of drug-likeness (QED) is 0.113. The first-order chi connectivity index (χ1) is 28.2. The molecule has 1 saturated heterocycles. The van der Waals surface area contributed by atoms with Crippen molar-refractivity contribution >= 4 is 40.8 Å². The smallest absolute Gasteiger partial charge is 0.266 e. The number of ether oxygens (including phenoxy) is 2. The number of amides is 3. The van der Waals surface area contributed by atoms with Crippen LogP contribution in [0, 0.1) is 33.5 Å². The van der Waals surface area contributed by atoms with E-state index in [0.717, 1.165) is 62.7 Å². The van der Waals surface area contributed by atoms with Gasteiger partial charge in [-0.2, -0.15) is 10.5 Å². The van der Waals surface area contributed by atoms with E-state index in [4.69, 9.17) is 26.3 Å². The number of fused-ring (bicyclic) bond motifs is 1. The normalized spacial score (nSPS) is 19.3. The third-order valence-electron chi connectivity index (χ3n) is 11.6. The Labute approximate surface area is 347 Å². The molecule has 7 rings (SSSR count). The van der Waals surface area contributed by atoms with Gasteiger partial charge in [0.2, 0.25) is 5.88 Å². The lowest BCUT2D eigenvalue weighted by Crippen LogP contribution is -2.74. The van der Waals surface area contributed by atoms with Gasteiger partial charge in [-0.3, -0.25) is 19.3 Å². The molecular formula is C44H45ClN8O6. The minimum atomic E-state index is -0.596. The number of benzene rings is 2. The van der Waals surface area contributed by atoms with Gasteiger partial charge in [-0.1, -0.05) is 39.3 Å². The number of unbranched alkanes of at least 4 members (excludes halogenated alkanes) is 2. The molecule has 4 aromatic rings. The van der Waals surface area contributed by atoms with E-state index in [1.807, 2.05) is 18.2 Å². The highest BCUT2D eigenvalue weighted by Crippen LogP contribution is 2.55. The number of carbonyl (C=O) groups excluding carboxylic acids is 3. The third kappa shape index (κ3) is 8.11. The number of pyridine rings is 2. The minimum absolute atomic E-state index is 0.0309. The number of hydrogen-bond acceptors (Lipinski definition) is 12. The van der Waals surface area contributed by atoms with Crippen LogP contribution < -0.4 is 24.6 Å². The van der Waals surface area contributed by atoms with E-state index in [1.165, 1.54) is 12.1 Å². The molecule has 14 nitrogen and oxygen atoms in total. The standard InChI is InChI=1S/C44H45ClN8O6/c1-43(2)41(44(3,4)42(43)59-31-11-8-27(24-46)34(45)23-31)50-37(54)28-9-15-36(48-26-28)52-19-17-51(18-20-52)16-6-5-7-21-58-30-12-13-32-33(22-30)40(57)53(39(32)56)35-14-10-29(25-47)49-38(35)55/h8-15,22-23,26,41-42H,5-7,16-21H2,1-4H3,(H,49,55)(H,50,54)/t41-,42-. The summed E-state index contributed by atoms with van der Waals surface area (Å²) >= 11 is 6.24. The Morgan fingerprint density at radius 3 is 2.29 bits per heavy atom. The number of carbonyl (C=O) groups is 3. The summed E-state index contributed by atoms with van der Waals surface area (Å²) in [6, 6.07) is 19.9. The van der Waals surface area contributed by atoms with Gasteiger partial charge in [0, 0.05) is 55.3 Å². The van der Waals surface area contributed by atoms with Crippen LogP contribution in [0.5, 0.6) is 17.4 Å². The van der Waals surface area contributed by atoms with E-state index in [0.29, 0.717) is 34.3 Å². The molecular weight excluding hydrogens is 772 g/mol. The number of halogens is 1. The maximum absolute atomic E-state index is 13.4. The first kappa shape index (κ1) is 41.0. The number of imide groups is 1. The summed E-state index contributed by atoms with van der Waals surface area (Å²) in [7, 11) is 0. The number of aromatic hydroxyl groups is 1. The second-order valence-electron chi connectivity index (χ2n) is 16.2. The van der Waals surface area contributed by atoms with Crippen molar-refractivity contribution in [3.05, 3.63) is 99.8 Å². The second kappa shape index (κ2) is 16.6. The molecule has 0 atom stereocenters. The zero-order valence-corrected chi connectivity index (χ0v) is 34.1. The fraction of sp³-hybridized carbons (Fsp3) is 0.386. The molecule has 2 fully saturated rings. The Bertz CT molecular complexity index is 2350. The van der Waals surface area contributed by atoms with Gasteiger partial charge in [-0.25, -0.2) is 14.9 Å². The lowest BCUT2D eigenvalue weighted by Gasteiger charge is -2.63. The maximum Gasteiger partial charge on any atom is 0.266 e. The predicted octanol–water partition coefficient (Wildman–Crippen LogP) is 6.36. The molecule has 4 heterocycles. The number of aromatic nitrogens is 2. The van der Waals surface area contributed by atoms with Gasteiger partial charge in [0.25, 0.3) is 17.7 Å². The predicted molar refractivity (Wildman–Crippen MR) is 220 cm³/mol. The molecule has 3 aliphatic rings. The molecule has 3 amide bonds. The molecule has 2 aliphatic heterocycles. The van der Waals surface area contributed by atoms with Crippen LogP contribution in [-0.4, -0.2) is 89.2 Å². The molecule has 304 valence electrons. The van der Waals surface area contributed by atoms with Gasteiger partial charge in [0.15, 0.2) is 0 Å². The second-order valence-corrected chi connectivity index (χ2v) is 16.7.